The lowest BCUT2D eigenvalue weighted by atomic mass is 9.92. The van der Waals surface area contributed by atoms with E-state index in [9.17, 15) is 0 Å². The molecule has 0 radical (unpaired) electrons. The van der Waals surface area contributed by atoms with Crippen molar-refractivity contribution in [3.63, 3.8) is 0 Å². The van der Waals surface area contributed by atoms with Gasteiger partial charge in [-0.15, -0.1) is 11.3 Å². The van der Waals surface area contributed by atoms with E-state index in [2.05, 4.69) is 81.5 Å². The second kappa shape index (κ2) is 9.88. The van der Waals surface area contributed by atoms with Crippen molar-refractivity contribution < 1.29 is 0 Å². The monoisotopic (exact) mass is 392 g/mol. The molecule has 0 spiro atoms. The van der Waals surface area contributed by atoms with E-state index < -0.39 is 0 Å². The predicted molar refractivity (Wildman–Crippen MR) is 123 cm³/mol. The Bertz CT molecular complexity index is 863. The van der Waals surface area contributed by atoms with Gasteiger partial charge in [-0.3, -0.25) is 0 Å². The first-order chi connectivity index (χ1) is 13.6. The molecule has 3 heteroatoms. The molecule has 0 aliphatic carbocycles. The van der Waals surface area contributed by atoms with Crippen molar-refractivity contribution >= 4 is 16.5 Å². The molecule has 1 unspecified atom stereocenters. The summed E-state index contributed by atoms with van der Waals surface area (Å²) in [6.07, 6.45) is 4.45. The van der Waals surface area contributed by atoms with Gasteiger partial charge in [0.05, 0.1) is 5.69 Å². The maximum absolute atomic E-state index is 4.96. The molecule has 0 aliphatic rings. The second-order valence-electron chi connectivity index (χ2n) is 7.74. The fourth-order valence-corrected chi connectivity index (χ4v) is 4.91. The summed E-state index contributed by atoms with van der Waals surface area (Å²) in [4.78, 5) is 6.37. The molecule has 0 saturated heterocycles. The van der Waals surface area contributed by atoms with Crippen LogP contribution in [0.2, 0.25) is 0 Å². The van der Waals surface area contributed by atoms with Crippen LogP contribution < -0.4 is 5.32 Å². The van der Waals surface area contributed by atoms with E-state index >= 15 is 0 Å². The Morgan fingerprint density at radius 1 is 1.00 bits per heavy atom. The number of hydrogen-bond donors (Lipinski definition) is 1. The standard InChI is InChI=1S/C25H32N2S/c1-5-6-15-22-23(16-21-13-8-7-9-14-21)28-25(27-22)26-17-20(4)24-18(2)11-10-12-19(24)3/h7-14,20H,5-6,15-17H2,1-4H3,(H,26,27). The van der Waals surface area contributed by atoms with Gasteiger partial charge in [0.2, 0.25) is 0 Å². The molecule has 0 fully saturated rings. The third-order valence-electron chi connectivity index (χ3n) is 5.35. The first kappa shape index (κ1) is 20.6. The zero-order valence-corrected chi connectivity index (χ0v) is 18.4. The lowest BCUT2D eigenvalue weighted by molar-refractivity contribution is 0.770. The van der Waals surface area contributed by atoms with Crippen LogP contribution >= 0.6 is 11.3 Å². The van der Waals surface area contributed by atoms with E-state index in [-0.39, 0.29) is 0 Å². The SMILES string of the molecule is CCCCc1nc(NCC(C)c2c(C)cccc2C)sc1Cc1ccccc1. The molecular weight excluding hydrogens is 360 g/mol. The van der Waals surface area contributed by atoms with Crippen LogP contribution in [0.3, 0.4) is 0 Å². The minimum atomic E-state index is 0.460. The number of aryl methyl sites for hydroxylation is 3. The highest BCUT2D eigenvalue weighted by molar-refractivity contribution is 7.15. The first-order valence-electron chi connectivity index (χ1n) is 10.4. The van der Waals surface area contributed by atoms with Crippen molar-refractivity contribution in [3.05, 3.63) is 81.4 Å². The molecule has 0 bridgehead atoms. The lowest BCUT2D eigenvalue weighted by Gasteiger charge is -2.17. The van der Waals surface area contributed by atoms with Crippen molar-refractivity contribution in [3.8, 4) is 0 Å². The summed E-state index contributed by atoms with van der Waals surface area (Å²) in [5, 5.41) is 4.69. The van der Waals surface area contributed by atoms with Crippen molar-refractivity contribution in [1.82, 2.24) is 4.98 Å². The molecule has 1 aromatic heterocycles. The highest BCUT2D eigenvalue weighted by atomic mass is 32.1. The number of rotatable bonds is 9. The van der Waals surface area contributed by atoms with E-state index in [0.29, 0.717) is 5.92 Å². The molecule has 1 N–H and O–H groups in total. The van der Waals surface area contributed by atoms with Gasteiger partial charge in [-0.05, 0) is 54.9 Å². The number of aromatic nitrogens is 1. The molecule has 28 heavy (non-hydrogen) atoms. The van der Waals surface area contributed by atoms with Crippen molar-refractivity contribution in [2.45, 2.75) is 59.3 Å². The van der Waals surface area contributed by atoms with E-state index in [4.69, 9.17) is 4.98 Å². The molecule has 3 rings (SSSR count). The van der Waals surface area contributed by atoms with Gasteiger partial charge in [-0.1, -0.05) is 68.8 Å². The van der Waals surface area contributed by atoms with Crippen molar-refractivity contribution in [1.29, 1.82) is 0 Å². The Morgan fingerprint density at radius 3 is 2.39 bits per heavy atom. The number of nitrogens with one attached hydrogen (secondary N) is 1. The topological polar surface area (TPSA) is 24.9 Å². The summed E-state index contributed by atoms with van der Waals surface area (Å²) in [7, 11) is 0. The molecular formula is C25H32N2S. The average Bonchev–Trinajstić information content (AvgIpc) is 3.07. The van der Waals surface area contributed by atoms with E-state index in [1.54, 1.807) is 0 Å². The van der Waals surface area contributed by atoms with Gasteiger partial charge in [-0.2, -0.15) is 0 Å². The summed E-state index contributed by atoms with van der Waals surface area (Å²) in [5.74, 6) is 0.460. The molecule has 1 heterocycles. The number of thiazole rings is 1. The van der Waals surface area contributed by atoms with Gasteiger partial charge in [0.15, 0.2) is 5.13 Å². The quantitative estimate of drug-likeness (QED) is 0.428. The maximum Gasteiger partial charge on any atom is 0.183 e. The molecule has 1 atom stereocenters. The molecule has 0 saturated carbocycles. The van der Waals surface area contributed by atoms with Crippen LogP contribution in [0.1, 0.15) is 65.4 Å². The van der Waals surface area contributed by atoms with Gasteiger partial charge in [0, 0.05) is 17.8 Å². The molecule has 2 aromatic carbocycles. The summed E-state index contributed by atoms with van der Waals surface area (Å²) >= 11 is 1.83. The number of unbranched alkanes of at least 4 members (excludes halogenated alkanes) is 1. The zero-order valence-electron chi connectivity index (χ0n) is 17.6. The van der Waals surface area contributed by atoms with E-state index in [0.717, 1.165) is 24.5 Å². The van der Waals surface area contributed by atoms with Crippen molar-refractivity contribution in [2.75, 3.05) is 11.9 Å². The Balaban J connectivity index is 1.73. The minimum absolute atomic E-state index is 0.460. The van der Waals surface area contributed by atoms with Crippen LogP contribution in [0.4, 0.5) is 5.13 Å². The Hall–Kier alpha value is -2.13. The van der Waals surface area contributed by atoms with Gasteiger partial charge in [0.1, 0.15) is 0 Å². The summed E-state index contributed by atoms with van der Waals surface area (Å²) in [6, 6.07) is 17.3. The number of hydrogen-bond acceptors (Lipinski definition) is 3. The van der Waals surface area contributed by atoms with Crippen molar-refractivity contribution in [2.24, 2.45) is 0 Å². The smallest absolute Gasteiger partial charge is 0.183 e. The van der Waals surface area contributed by atoms with Crippen LogP contribution in [-0.4, -0.2) is 11.5 Å². The Labute approximate surface area is 174 Å². The van der Waals surface area contributed by atoms with Crippen LogP contribution in [-0.2, 0) is 12.8 Å². The fourth-order valence-electron chi connectivity index (χ4n) is 3.87. The fraction of sp³-hybridized carbons (Fsp3) is 0.400. The van der Waals surface area contributed by atoms with Crippen LogP contribution in [0, 0.1) is 13.8 Å². The lowest BCUT2D eigenvalue weighted by Crippen LogP contribution is -2.12. The summed E-state index contributed by atoms with van der Waals surface area (Å²) < 4.78 is 0. The number of nitrogens with zero attached hydrogens (tertiary/aromatic N) is 1. The second-order valence-corrected chi connectivity index (χ2v) is 8.83. The first-order valence-corrected chi connectivity index (χ1v) is 11.2. The number of anilines is 1. The Morgan fingerprint density at radius 2 is 1.71 bits per heavy atom. The minimum Gasteiger partial charge on any atom is -0.361 e. The van der Waals surface area contributed by atoms with Crippen LogP contribution in [0.15, 0.2) is 48.5 Å². The van der Waals surface area contributed by atoms with Crippen LogP contribution in [0.5, 0.6) is 0 Å². The maximum atomic E-state index is 4.96. The highest BCUT2D eigenvalue weighted by Gasteiger charge is 2.15. The normalized spacial score (nSPS) is 12.1. The predicted octanol–water partition coefficient (Wildman–Crippen LogP) is 6.91. The van der Waals surface area contributed by atoms with Gasteiger partial charge in [-0.25, -0.2) is 4.98 Å². The number of benzene rings is 2. The van der Waals surface area contributed by atoms with Crippen LogP contribution in [0.25, 0.3) is 0 Å². The highest BCUT2D eigenvalue weighted by Crippen LogP contribution is 2.29. The molecule has 3 aromatic rings. The molecule has 2 nitrogen and oxygen atoms in total. The zero-order chi connectivity index (χ0) is 19.9. The van der Waals surface area contributed by atoms with Gasteiger partial charge >= 0.3 is 0 Å². The molecule has 0 amide bonds. The van der Waals surface area contributed by atoms with E-state index in [1.165, 1.54) is 45.7 Å². The van der Waals surface area contributed by atoms with E-state index in [1.807, 2.05) is 11.3 Å². The molecule has 0 aliphatic heterocycles. The molecule has 148 valence electrons. The third kappa shape index (κ3) is 5.23. The summed E-state index contributed by atoms with van der Waals surface area (Å²) in [6.45, 7) is 9.89. The third-order valence-corrected chi connectivity index (χ3v) is 6.40. The summed E-state index contributed by atoms with van der Waals surface area (Å²) in [5.41, 5.74) is 6.85. The largest absolute Gasteiger partial charge is 0.361 e. The van der Waals surface area contributed by atoms with Gasteiger partial charge < -0.3 is 5.32 Å². The van der Waals surface area contributed by atoms with Gasteiger partial charge in [0.25, 0.3) is 0 Å². The Kier molecular flexibility index (Phi) is 7.27. The average molecular weight is 393 g/mol.